The maximum Gasteiger partial charge on any atom is 0.213 e. The largest absolute Gasteiger partial charge is 0.475 e. The van der Waals surface area contributed by atoms with Gasteiger partial charge in [0.1, 0.15) is 12.7 Å². The number of nitriles is 1. The number of pyridine rings is 1. The van der Waals surface area contributed by atoms with E-state index in [-0.39, 0.29) is 0 Å². The Morgan fingerprint density at radius 3 is 2.69 bits per heavy atom. The minimum absolute atomic E-state index is 0.433. The number of hydrogen-bond acceptors (Lipinski definition) is 5. The summed E-state index contributed by atoms with van der Waals surface area (Å²) in [6, 6.07) is 5.31. The average Bonchev–Trinajstić information content (AvgIpc) is 2.34. The summed E-state index contributed by atoms with van der Waals surface area (Å²) < 4.78 is 15.3. The molecule has 0 amide bonds. The van der Waals surface area contributed by atoms with Gasteiger partial charge in [0.25, 0.3) is 0 Å². The van der Waals surface area contributed by atoms with Crippen LogP contribution in [0.15, 0.2) is 18.3 Å². The summed E-state index contributed by atoms with van der Waals surface area (Å²) in [5, 5.41) is 8.56. The Bertz CT molecular complexity index is 332. The van der Waals surface area contributed by atoms with E-state index < -0.39 is 0 Å². The van der Waals surface area contributed by atoms with Crippen molar-refractivity contribution in [1.29, 1.82) is 5.26 Å². The number of ether oxygens (including phenoxy) is 3. The molecule has 0 aromatic carbocycles. The highest BCUT2D eigenvalue weighted by molar-refractivity contribution is 5.28. The quantitative estimate of drug-likeness (QED) is 0.644. The minimum atomic E-state index is 0.433. The van der Waals surface area contributed by atoms with E-state index in [1.165, 1.54) is 6.20 Å². The van der Waals surface area contributed by atoms with Crippen LogP contribution in [0.2, 0.25) is 0 Å². The van der Waals surface area contributed by atoms with Gasteiger partial charge in [0.05, 0.1) is 25.4 Å². The van der Waals surface area contributed by atoms with E-state index >= 15 is 0 Å². The summed E-state index contributed by atoms with van der Waals surface area (Å²) in [7, 11) is 1.63. The second-order valence-electron chi connectivity index (χ2n) is 2.95. The van der Waals surface area contributed by atoms with Crippen LogP contribution in [0, 0.1) is 11.3 Å². The van der Waals surface area contributed by atoms with Gasteiger partial charge in [0, 0.05) is 19.4 Å². The Morgan fingerprint density at radius 1 is 1.25 bits per heavy atom. The monoisotopic (exact) mass is 222 g/mol. The van der Waals surface area contributed by atoms with Gasteiger partial charge in [-0.15, -0.1) is 0 Å². The Morgan fingerprint density at radius 2 is 2.06 bits per heavy atom. The smallest absolute Gasteiger partial charge is 0.213 e. The third kappa shape index (κ3) is 4.73. The number of aromatic nitrogens is 1. The molecule has 0 fully saturated rings. The van der Waals surface area contributed by atoms with Crippen LogP contribution in [0.1, 0.15) is 5.56 Å². The number of nitrogens with zero attached hydrogens (tertiary/aromatic N) is 2. The Labute approximate surface area is 94.6 Å². The van der Waals surface area contributed by atoms with Crippen molar-refractivity contribution in [2.75, 3.05) is 33.5 Å². The average molecular weight is 222 g/mol. The maximum atomic E-state index is 8.56. The second kappa shape index (κ2) is 7.63. The van der Waals surface area contributed by atoms with Crippen LogP contribution in [0.4, 0.5) is 0 Å². The first-order chi connectivity index (χ1) is 7.86. The van der Waals surface area contributed by atoms with Gasteiger partial charge in [-0.3, -0.25) is 0 Å². The Kier molecular flexibility index (Phi) is 5.92. The van der Waals surface area contributed by atoms with Crippen LogP contribution in [0.3, 0.4) is 0 Å². The molecule has 86 valence electrons. The van der Waals surface area contributed by atoms with Crippen molar-refractivity contribution in [2.45, 2.75) is 0 Å². The Balaban J connectivity index is 2.15. The first-order valence-electron chi connectivity index (χ1n) is 4.92. The van der Waals surface area contributed by atoms with Crippen LogP contribution >= 0.6 is 0 Å². The molecule has 5 nitrogen and oxygen atoms in total. The van der Waals surface area contributed by atoms with Crippen molar-refractivity contribution >= 4 is 0 Å². The number of hydrogen-bond donors (Lipinski definition) is 0. The first kappa shape index (κ1) is 12.4. The van der Waals surface area contributed by atoms with Gasteiger partial charge < -0.3 is 14.2 Å². The predicted molar refractivity (Wildman–Crippen MR) is 57.1 cm³/mol. The summed E-state index contributed by atoms with van der Waals surface area (Å²) in [6.07, 6.45) is 1.47. The second-order valence-corrected chi connectivity index (χ2v) is 2.95. The fourth-order valence-electron chi connectivity index (χ4n) is 0.981. The topological polar surface area (TPSA) is 64.4 Å². The normalized spacial score (nSPS) is 9.75. The van der Waals surface area contributed by atoms with Gasteiger partial charge >= 0.3 is 0 Å². The highest BCUT2D eigenvalue weighted by atomic mass is 16.5. The van der Waals surface area contributed by atoms with Gasteiger partial charge in [0.2, 0.25) is 5.88 Å². The molecule has 0 aliphatic rings. The lowest BCUT2D eigenvalue weighted by molar-refractivity contribution is 0.0537. The van der Waals surface area contributed by atoms with Crippen molar-refractivity contribution in [2.24, 2.45) is 0 Å². The van der Waals surface area contributed by atoms with E-state index in [9.17, 15) is 0 Å². The van der Waals surface area contributed by atoms with E-state index in [1.54, 1.807) is 19.2 Å². The van der Waals surface area contributed by atoms with Gasteiger partial charge in [-0.2, -0.15) is 5.26 Å². The Hall–Kier alpha value is -1.64. The van der Waals surface area contributed by atoms with E-state index in [2.05, 4.69) is 4.98 Å². The van der Waals surface area contributed by atoms with E-state index in [4.69, 9.17) is 19.5 Å². The molecule has 1 heterocycles. The third-order valence-electron chi connectivity index (χ3n) is 1.77. The molecule has 1 aromatic rings. The van der Waals surface area contributed by atoms with E-state index in [0.717, 1.165) is 0 Å². The lowest BCUT2D eigenvalue weighted by Gasteiger charge is -2.05. The molecular weight excluding hydrogens is 208 g/mol. The molecule has 0 spiro atoms. The van der Waals surface area contributed by atoms with E-state index in [0.29, 0.717) is 37.9 Å². The van der Waals surface area contributed by atoms with Crippen LogP contribution in [-0.2, 0) is 9.47 Å². The number of rotatable bonds is 7. The summed E-state index contributed by atoms with van der Waals surface area (Å²) in [5.41, 5.74) is 0.517. The molecule has 0 radical (unpaired) electrons. The molecule has 0 unspecified atom stereocenters. The molecule has 5 heteroatoms. The van der Waals surface area contributed by atoms with Gasteiger partial charge in [-0.25, -0.2) is 4.98 Å². The molecule has 1 rings (SSSR count). The lowest BCUT2D eigenvalue weighted by Crippen LogP contribution is -2.10. The van der Waals surface area contributed by atoms with Crippen LogP contribution < -0.4 is 4.74 Å². The fourth-order valence-corrected chi connectivity index (χ4v) is 0.981. The van der Waals surface area contributed by atoms with Crippen molar-refractivity contribution in [1.82, 2.24) is 4.98 Å². The third-order valence-corrected chi connectivity index (χ3v) is 1.77. The van der Waals surface area contributed by atoms with Crippen LogP contribution in [0.5, 0.6) is 5.88 Å². The highest BCUT2D eigenvalue weighted by Crippen LogP contribution is 2.06. The zero-order chi connectivity index (χ0) is 11.6. The maximum absolute atomic E-state index is 8.56. The van der Waals surface area contributed by atoms with Gasteiger partial charge in [-0.05, 0) is 6.07 Å². The van der Waals surface area contributed by atoms with Crippen LogP contribution in [-0.4, -0.2) is 38.5 Å². The molecule has 1 aromatic heterocycles. The van der Waals surface area contributed by atoms with Crippen LogP contribution in [0.25, 0.3) is 0 Å². The molecule has 0 aliphatic heterocycles. The molecule has 0 aliphatic carbocycles. The van der Waals surface area contributed by atoms with Gasteiger partial charge in [0.15, 0.2) is 0 Å². The van der Waals surface area contributed by atoms with Crippen molar-refractivity contribution in [3.05, 3.63) is 23.9 Å². The highest BCUT2D eigenvalue weighted by Gasteiger charge is 1.96. The lowest BCUT2D eigenvalue weighted by atomic mass is 10.3. The predicted octanol–water partition coefficient (Wildman–Crippen LogP) is 0.995. The summed E-state index contributed by atoms with van der Waals surface area (Å²) in [4.78, 5) is 3.96. The van der Waals surface area contributed by atoms with Crippen molar-refractivity contribution < 1.29 is 14.2 Å². The first-order valence-corrected chi connectivity index (χ1v) is 4.92. The zero-order valence-electron chi connectivity index (χ0n) is 9.18. The molecule has 0 saturated carbocycles. The van der Waals surface area contributed by atoms with Gasteiger partial charge in [-0.1, -0.05) is 0 Å². The fraction of sp³-hybridized carbons (Fsp3) is 0.455. The van der Waals surface area contributed by atoms with E-state index in [1.807, 2.05) is 6.07 Å². The SMILES string of the molecule is COCCOCCOc1ccc(C#N)cn1. The molecule has 0 bridgehead atoms. The summed E-state index contributed by atoms with van der Waals surface area (Å²) >= 11 is 0. The number of methoxy groups -OCH3 is 1. The van der Waals surface area contributed by atoms with Crippen molar-refractivity contribution in [3.8, 4) is 11.9 Å². The minimum Gasteiger partial charge on any atom is -0.475 e. The molecule has 0 N–H and O–H groups in total. The standard InChI is InChI=1S/C11H14N2O3/c1-14-4-5-15-6-7-16-11-3-2-10(8-12)9-13-11/h2-3,9H,4-7H2,1H3. The molecular formula is C11H14N2O3. The zero-order valence-corrected chi connectivity index (χ0v) is 9.18. The molecule has 16 heavy (non-hydrogen) atoms. The molecule has 0 saturated heterocycles. The summed E-state index contributed by atoms with van der Waals surface area (Å²) in [6.45, 7) is 2.06. The summed E-state index contributed by atoms with van der Waals surface area (Å²) in [5.74, 6) is 0.495. The molecule has 0 atom stereocenters. The van der Waals surface area contributed by atoms with Crippen molar-refractivity contribution in [3.63, 3.8) is 0 Å².